The highest BCUT2D eigenvalue weighted by Gasteiger charge is 2.17. The van der Waals surface area contributed by atoms with E-state index >= 15 is 0 Å². The van der Waals surface area contributed by atoms with Gasteiger partial charge in [0.15, 0.2) is 0 Å². The fourth-order valence-electron chi connectivity index (χ4n) is 2.47. The number of hydrogen-bond donors (Lipinski definition) is 2. The number of aromatic amines is 1. The van der Waals surface area contributed by atoms with Crippen LogP contribution >= 0.6 is 0 Å². The fraction of sp³-hybridized carbons (Fsp3) is 0.714. The summed E-state index contributed by atoms with van der Waals surface area (Å²) in [5.41, 5.74) is 1.36. The summed E-state index contributed by atoms with van der Waals surface area (Å²) in [4.78, 5) is 5.71. The van der Waals surface area contributed by atoms with Gasteiger partial charge in [-0.2, -0.15) is 0 Å². The maximum absolute atomic E-state index is 3.65. The Kier molecular flexibility index (Phi) is 5.08. The van der Waals surface area contributed by atoms with Gasteiger partial charge in [-0.15, -0.1) is 0 Å². The molecule has 0 atom stereocenters. The summed E-state index contributed by atoms with van der Waals surface area (Å²) in [6.45, 7) is 7.10. The molecule has 3 heteroatoms. The summed E-state index contributed by atoms with van der Waals surface area (Å²) >= 11 is 0. The van der Waals surface area contributed by atoms with E-state index in [0.29, 0.717) is 6.04 Å². The topological polar surface area (TPSA) is 31.1 Å². The molecule has 1 aromatic heterocycles. The van der Waals surface area contributed by atoms with Gasteiger partial charge in [0.2, 0.25) is 0 Å². The minimum atomic E-state index is 0.711. The van der Waals surface area contributed by atoms with Crippen molar-refractivity contribution in [1.29, 1.82) is 0 Å². The van der Waals surface area contributed by atoms with Gasteiger partial charge in [-0.1, -0.05) is 13.3 Å². The summed E-state index contributed by atoms with van der Waals surface area (Å²) in [6.07, 6.45) is 9.32. The smallest absolute Gasteiger partial charge is 0.0223 e. The molecule has 2 heterocycles. The van der Waals surface area contributed by atoms with Crippen molar-refractivity contribution in [3.8, 4) is 0 Å². The van der Waals surface area contributed by atoms with Gasteiger partial charge < -0.3 is 15.2 Å². The predicted octanol–water partition coefficient (Wildman–Crippen LogP) is 2.37. The number of rotatable bonds is 6. The number of aromatic nitrogens is 1. The lowest BCUT2D eigenvalue weighted by molar-refractivity contribution is 0.195. The van der Waals surface area contributed by atoms with Gasteiger partial charge in [0.25, 0.3) is 0 Å². The molecule has 1 fully saturated rings. The van der Waals surface area contributed by atoms with Crippen LogP contribution in [-0.2, 0) is 6.54 Å². The first-order valence-corrected chi connectivity index (χ1v) is 6.96. The standard InChI is InChI=1S/C14H25N3/c1-2-3-8-17-9-5-14(6-10-17)16-12-13-4-7-15-11-13/h4,7,11,14-16H,2-3,5-6,8-10,12H2,1H3. The first-order chi connectivity index (χ1) is 8.38. The van der Waals surface area contributed by atoms with Gasteiger partial charge in [0.1, 0.15) is 0 Å². The van der Waals surface area contributed by atoms with Crippen molar-refractivity contribution in [2.75, 3.05) is 19.6 Å². The Hall–Kier alpha value is -0.800. The van der Waals surface area contributed by atoms with Gasteiger partial charge in [0, 0.05) is 25.0 Å². The van der Waals surface area contributed by atoms with E-state index in [4.69, 9.17) is 0 Å². The Morgan fingerprint density at radius 1 is 1.41 bits per heavy atom. The van der Waals surface area contributed by atoms with Crippen LogP contribution in [0.3, 0.4) is 0 Å². The Morgan fingerprint density at radius 3 is 2.88 bits per heavy atom. The van der Waals surface area contributed by atoms with E-state index in [2.05, 4.69) is 34.4 Å². The van der Waals surface area contributed by atoms with Crippen LogP contribution < -0.4 is 5.32 Å². The number of likely N-dealkylation sites (tertiary alicyclic amines) is 1. The van der Waals surface area contributed by atoms with E-state index in [1.54, 1.807) is 0 Å². The van der Waals surface area contributed by atoms with Crippen LogP contribution in [-0.4, -0.2) is 35.6 Å². The fourth-order valence-corrected chi connectivity index (χ4v) is 2.47. The van der Waals surface area contributed by atoms with Crippen molar-refractivity contribution in [2.45, 2.75) is 45.2 Å². The van der Waals surface area contributed by atoms with E-state index in [-0.39, 0.29) is 0 Å². The third kappa shape index (κ3) is 4.17. The van der Waals surface area contributed by atoms with Crippen LogP contribution in [0, 0.1) is 0 Å². The molecule has 1 saturated heterocycles. The molecule has 0 saturated carbocycles. The molecule has 0 bridgehead atoms. The summed E-state index contributed by atoms with van der Waals surface area (Å²) in [5, 5.41) is 3.65. The van der Waals surface area contributed by atoms with Gasteiger partial charge in [0.05, 0.1) is 0 Å². The number of unbranched alkanes of at least 4 members (excludes halogenated alkanes) is 1. The minimum Gasteiger partial charge on any atom is -0.367 e. The number of H-pyrrole nitrogens is 1. The maximum Gasteiger partial charge on any atom is 0.0223 e. The lowest BCUT2D eigenvalue weighted by atomic mass is 10.0. The zero-order valence-electron chi connectivity index (χ0n) is 10.9. The highest BCUT2D eigenvalue weighted by Crippen LogP contribution is 2.11. The number of nitrogens with one attached hydrogen (secondary N) is 2. The van der Waals surface area contributed by atoms with Gasteiger partial charge in [-0.3, -0.25) is 0 Å². The van der Waals surface area contributed by atoms with Crippen LogP contribution in [0.1, 0.15) is 38.2 Å². The predicted molar refractivity (Wildman–Crippen MR) is 72.0 cm³/mol. The summed E-state index contributed by atoms with van der Waals surface area (Å²) < 4.78 is 0. The van der Waals surface area contributed by atoms with E-state index in [1.807, 2.05) is 6.20 Å². The maximum atomic E-state index is 3.65. The number of nitrogens with zero attached hydrogens (tertiary/aromatic N) is 1. The van der Waals surface area contributed by atoms with Crippen LogP contribution in [0.5, 0.6) is 0 Å². The molecule has 1 aromatic rings. The zero-order valence-corrected chi connectivity index (χ0v) is 10.9. The molecule has 17 heavy (non-hydrogen) atoms. The largest absolute Gasteiger partial charge is 0.367 e. The molecule has 3 nitrogen and oxygen atoms in total. The van der Waals surface area contributed by atoms with E-state index in [0.717, 1.165) is 6.54 Å². The molecule has 0 amide bonds. The lowest BCUT2D eigenvalue weighted by Crippen LogP contribution is -2.42. The Morgan fingerprint density at radius 2 is 2.24 bits per heavy atom. The van der Waals surface area contributed by atoms with Crippen molar-refractivity contribution in [3.05, 3.63) is 24.0 Å². The quantitative estimate of drug-likeness (QED) is 0.793. The van der Waals surface area contributed by atoms with E-state index in [9.17, 15) is 0 Å². The second-order valence-electron chi connectivity index (χ2n) is 5.07. The van der Waals surface area contributed by atoms with Crippen molar-refractivity contribution < 1.29 is 0 Å². The molecule has 2 rings (SSSR count). The SMILES string of the molecule is CCCCN1CCC(NCc2cc[nH]c2)CC1. The first-order valence-electron chi connectivity index (χ1n) is 6.96. The molecule has 0 unspecified atom stereocenters. The molecule has 0 aromatic carbocycles. The van der Waals surface area contributed by atoms with Crippen molar-refractivity contribution >= 4 is 0 Å². The third-order valence-corrected chi connectivity index (χ3v) is 3.67. The van der Waals surface area contributed by atoms with Crippen molar-refractivity contribution in [1.82, 2.24) is 15.2 Å². The molecule has 0 spiro atoms. The molecular weight excluding hydrogens is 210 g/mol. The van der Waals surface area contributed by atoms with Crippen LogP contribution in [0.15, 0.2) is 18.5 Å². The molecule has 1 aliphatic heterocycles. The Labute approximate surface area is 105 Å². The van der Waals surface area contributed by atoms with E-state index < -0.39 is 0 Å². The molecular formula is C14H25N3. The van der Waals surface area contributed by atoms with E-state index in [1.165, 1.54) is 50.9 Å². The third-order valence-electron chi connectivity index (χ3n) is 3.67. The summed E-state index contributed by atoms with van der Waals surface area (Å²) in [7, 11) is 0. The average Bonchev–Trinajstić information content (AvgIpc) is 2.88. The van der Waals surface area contributed by atoms with Crippen LogP contribution in [0.4, 0.5) is 0 Å². The van der Waals surface area contributed by atoms with Crippen LogP contribution in [0.25, 0.3) is 0 Å². The average molecular weight is 235 g/mol. The second kappa shape index (κ2) is 6.82. The zero-order chi connectivity index (χ0) is 11.9. The monoisotopic (exact) mass is 235 g/mol. The summed E-state index contributed by atoms with van der Waals surface area (Å²) in [5.74, 6) is 0. The van der Waals surface area contributed by atoms with Crippen molar-refractivity contribution in [2.24, 2.45) is 0 Å². The van der Waals surface area contributed by atoms with Gasteiger partial charge in [-0.05, 0) is 50.5 Å². The normalized spacial score (nSPS) is 18.6. The Balaban J connectivity index is 1.62. The number of piperidine rings is 1. The lowest BCUT2D eigenvalue weighted by Gasteiger charge is -2.32. The number of hydrogen-bond acceptors (Lipinski definition) is 2. The summed E-state index contributed by atoms with van der Waals surface area (Å²) in [6, 6.07) is 2.85. The van der Waals surface area contributed by atoms with Crippen LogP contribution in [0.2, 0.25) is 0 Å². The van der Waals surface area contributed by atoms with Gasteiger partial charge in [-0.25, -0.2) is 0 Å². The second-order valence-corrected chi connectivity index (χ2v) is 5.07. The highest BCUT2D eigenvalue weighted by molar-refractivity contribution is 5.07. The Bertz CT molecular complexity index is 286. The molecule has 0 radical (unpaired) electrons. The molecule has 0 aliphatic carbocycles. The molecule has 96 valence electrons. The minimum absolute atomic E-state index is 0.711. The first kappa shape index (κ1) is 12.7. The molecule has 2 N–H and O–H groups in total. The molecule has 1 aliphatic rings. The highest BCUT2D eigenvalue weighted by atomic mass is 15.1. The van der Waals surface area contributed by atoms with Gasteiger partial charge >= 0.3 is 0 Å². The van der Waals surface area contributed by atoms with Crippen molar-refractivity contribution in [3.63, 3.8) is 0 Å².